The highest BCUT2D eigenvalue weighted by molar-refractivity contribution is 5.20. The molecule has 0 radical (unpaired) electrons. The second kappa shape index (κ2) is 4.77. The van der Waals surface area contributed by atoms with Crippen LogP contribution < -0.4 is 5.73 Å². The molecule has 0 aliphatic carbocycles. The summed E-state index contributed by atoms with van der Waals surface area (Å²) in [5, 5.41) is 0. The highest BCUT2D eigenvalue weighted by Gasteiger charge is 2.25. The third-order valence-corrected chi connectivity index (χ3v) is 3.43. The lowest BCUT2D eigenvalue weighted by atomic mass is 9.92. The molecule has 82 valence electrons. The molecule has 1 saturated heterocycles. The van der Waals surface area contributed by atoms with E-state index in [4.69, 9.17) is 5.73 Å². The average Bonchev–Trinajstić information content (AvgIpc) is 2.30. The number of nitrogens with two attached hydrogens (primary N) is 1. The number of nitrogens with zero attached hydrogens (tertiary/aromatic N) is 1. The van der Waals surface area contributed by atoms with Crippen LogP contribution in [0.25, 0.3) is 0 Å². The van der Waals surface area contributed by atoms with Gasteiger partial charge in [0.15, 0.2) is 0 Å². The molecule has 2 nitrogen and oxygen atoms in total. The summed E-state index contributed by atoms with van der Waals surface area (Å²) in [5.41, 5.74) is 7.58. The van der Waals surface area contributed by atoms with Crippen LogP contribution in [-0.4, -0.2) is 24.5 Å². The Kier molecular flexibility index (Phi) is 3.39. The van der Waals surface area contributed by atoms with Gasteiger partial charge in [-0.3, -0.25) is 0 Å². The van der Waals surface area contributed by atoms with Crippen LogP contribution in [0.5, 0.6) is 0 Å². The van der Waals surface area contributed by atoms with Gasteiger partial charge in [-0.2, -0.15) is 0 Å². The van der Waals surface area contributed by atoms with Gasteiger partial charge in [-0.15, -0.1) is 0 Å². The van der Waals surface area contributed by atoms with E-state index in [0.717, 1.165) is 0 Å². The first kappa shape index (κ1) is 10.7. The summed E-state index contributed by atoms with van der Waals surface area (Å²) in [6, 6.07) is 11.1. The fraction of sp³-hybridized carbons (Fsp3) is 0.538. The van der Waals surface area contributed by atoms with Crippen molar-refractivity contribution in [2.24, 2.45) is 5.73 Å². The summed E-state index contributed by atoms with van der Waals surface area (Å²) < 4.78 is 0. The standard InChI is InChI=1S/C13H20N2/c1-15-10-6-5-9-12(15)13(14)11-7-3-2-4-8-11/h2-4,7-8,12-13H,5-6,9-10,14H2,1H3/t12-,13-/m1/s1. The number of piperidine rings is 1. The molecule has 1 heterocycles. The second-order valence-corrected chi connectivity index (χ2v) is 4.48. The predicted octanol–water partition coefficient (Wildman–Crippen LogP) is 2.17. The zero-order valence-corrected chi connectivity index (χ0v) is 9.39. The summed E-state index contributed by atoms with van der Waals surface area (Å²) in [7, 11) is 2.19. The second-order valence-electron chi connectivity index (χ2n) is 4.48. The van der Waals surface area contributed by atoms with Crippen molar-refractivity contribution >= 4 is 0 Å². The number of likely N-dealkylation sites (tertiary alicyclic amines) is 1. The van der Waals surface area contributed by atoms with Crippen LogP contribution in [0.4, 0.5) is 0 Å². The normalized spacial score (nSPS) is 25.1. The van der Waals surface area contributed by atoms with E-state index in [1.54, 1.807) is 0 Å². The fourth-order valence-electron chi connectivity index (χ4n) is 2.45. The average molecular weight is 204 g/mol. The Hall–Kier alpha value is -0.860. The van der Waals surface area contributed by atoms with Crippen molar-refractivity contribution in [3.05, 3.63) is 35.9 Å². The zero-order valence-electron chi connectivity index (χ0n) is 9.39. The third-order valence-electron chi connectivity index (χ3n) is 3.43. The SMILES string of the molecule is CN1CCCC[C@@H]1[C@H](N)c1ccccc1. The van der Waals surface area contributed by atoms with Crippen molar-refractivity contribution in [1.29, 1.82) is 0 Å². The molecule has 1 aliphatic rings. The Balaban J connectivity index is 2.09. The molecule has 0 unspecified atom stereocenters. The van der Waals surface area contributed by atoms with Gasteiger partial charge in [0.05, 0.1) is 0 Å². The van der Waals surface area contributed by atoms with E-state index in [-0.39, 0.29) is 6.04 Å². The van der Waals surface area contributed by atoms with Crippen molar-refractivity contribution < 1.29 is 0 Å². The molecule has 0 bridgehead atoms. The Morgan fingerprint density at radius 3 is 2.67 bits per heavy atom. The van der Waals surface area contributed by atoms with E-state index in [0.29, 0.717) is 6.04 Å². The van der Waals surface area contributed by atoms with Crippen LogP contribution in [-0.2, 0) is 0 Å². The largest absolute Gasteiger partial charge is 0.323 e. The minimum absolute atomic E-state index is 0.163. The van der Waals surface area contributed by atoms with Crippen LogP contribution >= 0.6 is 0 Å². The van der Waals surface area contributed by atoms with Crippen LogP contribution in [0, 0.1) is 0 Å². The first-order valence-electron chi connectivity index (χ1n) is 5.80. The molecule has 0 aromatic heterocycles. The van der Waals surface area contributed by atoms with Gasteiger partial charge in [-0.25, -0.2) is 0 Å². The summed E-state index contributed by atoms with van der Waals surface area (Å²) in [4.78, 5) is 2.40. The highest BCUT2D eigenvalue weighted by Crippen LogP contribution is 2.25. The molecule has 2 N–H and O–H groups in total. The van der Waals surface area contributed by atoms with Gasteiger partial charge >= 0.3 is 0 Å². The molecule has 0 amide bonds. The van der Waals surface area contributed by atoms with Crippen LogP contribution in [0.2, 0.25) is 0 Å². The number of rotatable bonds is 2. The van der Waals surface area contributed by atoms with Gasteiger partial charge in [0.25, 0.3) is 0 Å². The molecule has 2 rings (SSSR count). The van der Waals surface area contributed by atoms with E-state index >= 15 is 0 Å². The van der Waals surface area contributed by atoms with E-state index in [9.17, 15) is 0 Å². The van der Waals surface area contributed by atoms with Gasteiger partial charge in [0.1, 0.15) is 0 Å². The van der Waals surface area contributed by atoms with Crippen molar-refractivity contribution in [3.63, 3.8) is 0 Å². The summed E-state index contributed by atoms with van der Waals surface area (Å²) >= 11 is 0. The lowest BCUT2D eigenvalue weighted by molar-refractivity contribution is 0.160. The molecule has 2 heteroatoms. The molecule has 1 aromatic carbocycles. The molecule has 1 fully saturated rings. The Bertz CT molecular complexity index is 297. The molecule has 15 heavy (non-hydrogen) atoms. The smallest absolute Gasteiger partial charge is 0.0452 e. The minimum Gasteiger partial charge on any atom is -0.323 e. The Morgan fingerprint density at radius 2 is 2.00 bits per heavy atom. The molecule has 1 aromatic rings. The maximum atomic E-state index is 6.32. The van der Waals surface area contributed by atoms with E-state index in [1.807, 2.05) is 6.07 Å². The number of hydrogen-bond acceptors (Lipinski definition) is 2. The molecule has 1 aliphatic heterocycles. The van der Waals surface area contributed by atoms with Gasteiger partial charge in [-0.05, 0) is 32.0 Å². The summed E-state index contributed by atoms with van der Waals surface area (Å²) in [6.45, 7) is 1.19. The minimum atomic E-state index is 0.163. The summed E-state index contributed by atoms with van der Waals surface area (Å²) in [6.07, 6.45) is 3.86. The van der Waals surface area contributed by atoms with Crippen molar-refractivity contribution in [3.8, 4) is 0 Å². The van der Waals surface area contributed by atoms with Gasteiger partial charge in [-0.1, -0.05) is 36.8 Å². The summed E-state index contributed by atoms with van der Waals surface area (Å²) in [5.74, 6) is 0. The van der Waals surface area contributed by atoms with Gasteiger partial charge in [0, 0.05) is 12.1 Å². The molecule has 0 saturated carbocycles. The highest BCUT2D eigenvalue weighted by atomic mass is 15.1. The monoisotopic (exact) mass is 204 g/mol. The predicted molar refractivity (Wildman–Crippen MR) is 63.6 cm³/mol. The lowest BCUT2D eigenvalue weighted by Gasteiger charge is -2.36. The topological polar surface area (TPSA) is 29.3 Å². The van der Waals surface area contributed by atoms with Gasteiger partial charge < -0.3 is 10.6 Å². The van der Waals surface area contributed by atoms with E-state index < -0.39 is 0 Å². The van der Waals surface area contributed by atoms with Crippen molar-refractivity contribution in [1.82, 2.24) is 4.90 Å². The molecule has 2 atom stereocenters. The van der Waals surface area contributed by atoms with Crippen LogP contribution in [0.1, 0.15) is 30.9 Å². The maximum absolute atomic E-state index is 6.32. The number of hydrogen-bond donors (Lipinski definition) is 1. The Morgan fingerprint density at radius 1 is 1.27 bits per heavy atom. The van der Waals surface area contributed by atoms with Crippen LogP contribution in [0.15, 0.2) is 30.3 Å². The van der Waals surface area contributed by atoms with E-state index in [2.05, 4.69) is 36.2 Å². The fourth-order valence-corrected chi connectivity index (χ4v) is 2.45. The Labute approximate surface area is 92.1 Å². The zero-order chi connectivity index (χ0) is 10.7. The van der Waals surface area contributed by atoms with Crippen molar-refractivity contribution in [2.45, 2.75) is 31.3 Å². The first-order valence-corrected chi connectivity index (χ1v) is 5.80. The molecule has 0 spiro atoms. The number of likely N-dealkylation sites (N-methyl/N-ethyl adjacent to an activating group) is 1. The lowest BCUT2D eigenvalue weighted by Crippen LogP contribution is -2.43. The number of benzene rings is 1. The quantitative estimate of drug-likeness (QED) is 0.800. The molecular formula is C13H20N2. The van der Waals surface area contributed by atoms with Crippen LogP contribution in [0.3, 0.4) is 0 Å². The van der Waals surface area contributed by atoms with Crippen molar-refractivity contribution in [2.75, 3.05) is 13.6 Å². The van der Waals surface area contributed by atoms with Gasteiger partial charge in [0.2, 0.25) is 0 Å². The first-order chi connectivity index (χ1) is 7.29. The molecular weight excluding hydrogens is 184 g/mol. The maximum Gasteiger partial charge on any atom is 0.0452 e. The van der Waals surface area contributed by atoms with E-state index in [1.165, 1.54) is 31.4 Å². The third kappa shape index (κ3) is 2.39.